The summed E-state index contributed by atoms with van der Waals surface area (Å²) < 4.78 is 0. The largest absolute Gasteiger partial charge is 0.390 e. The predicted molar refractivity (Wildman–Crippen MR) is 105 cm³/mol. The summed E-state index contributed by atoms with van der Waals surface area (Å²) in [6.07, 6.45) is 5.43. The van der Waals surface area contributed by atoms with Crippen molar-refractivity contribution in [3.8, 4) is 0 Å². The lowest BCUT2D eigenvalue weighted by atomic mass is 9.92. The number of carbonyl (C=O) groups is 2. The maximum atomic E-state index is 13.2. The number of amides is 2. The van der Waals surface area contributed by atoms with Crippen LogP contribution in [0.2, 0.25) is 0 Å². The quantitative estimate of drug-likeness (QED) is 0.725. The predicted octanol–water partition coefficient (Wildman–Crippen LogP) is 1.64. The highest BCUT2D eigenvalue weighted by atomic mass is 16.3. The van der Waals surface area contributed by atoms with E-state index in [1.807, 2.05) is 46.9 Å². The number of carbonyl (C=O) groups excluding carboxylic acids is 2. The summed E-state index contributed by atoms with van der Waals surface area (Å²) in [5, 5.41) is 13.8. The van der Waals surface area contributed by atoms with Gasteiger partial charge in [-0.1, -0.05) is 32.9 Å². The lowest BCUT2D eigenvalue weighted by Gasteiger charge is -2.38. The fourth-order valence-corrected chi connectivity index (χ4v) is 3.63. The second-order valence-corrected chi connectivity index (χ2v) is 7.83. The molecule has 1 saturated heterocycles. The van der Waals surface area contributed by atoms with Gasteiger partial charge in [0.05, 0.1) is 12.1 Å². The Kier molecular flexibility index (Phi) is 9.30. The van der Waals surface area contributed by atoms with Gasteiger partial charge in [0.15, 0.2) is 0 Å². The van der Waals surface area contributed by atoms with Crippen molar-refractivity contribution in [1.82, 2.24) is 15.1 Å². The van der Waals surface area contributed by atoms with E-state index in [2.05, 4.69) is 10.2 Å². The molecule has 1 fully saturated rings. The summed E-state index contributed by atoms with van der Waals surface area (Å²) in [7, 11) is 3.60. The number of rotatable bonds is 5. The van der Waals surface area contributed by atoms with Gasteiger partial charge in [-0.15, -0.1) is 0 Å². The molecule has 26 heavy (non-hydrogen) atoms. The maximum absolute atomic E-state index is 13.2. The smallest absolute Gasteiger partial charge is 0.245 e. The van der Waals surface area contributed by atoms with Crippen molar-refractivity contribution in [1.29, 1.82) is 0 Å². The van der Waals surface area contributed by atoms with Gasteiger partial charge in [0.1, 0.15) is 6.04 Å². The fraction of sp³-hybridized carbons (Fsp3) is 0.800. The van der Waals surface area contributed by atoms with Gasteiger partial charge in [0, 0.05) is 13.6 Å². The minimum absolute atomic E-state index is 0.109. The van der Waals surface area contributed by atoms with Gasteiger partial charge in [-0.3, -0.25) is 14.5 Å². The molecule has 150 valence electrons. The van der Waals surface area contributed by atoms with Crippen LogP contribution in [0.15, 0.2) is 12.2 Å². The zero-order valence-corrected chi connectivity index (χ0v) is 17.2. The van der Waals surface area contributed by atoms with Crippen molar-refractivity contribution < 1.29 is 14.7 Å². The van der Waals surface area contributed by atoms with E-state index in [1.54, 1.807) is 7.05 Å². The van der Waals surface area contributed by atoms with Crippen LogP contribution in [-0.4, -0.2) is 72.1 Å². The molecule has 0 spiro atoms. The molecule has 2 N–H and O–H groups in total. The Morgan fingerprint density at radius 1 is 1.19 bits per heavy atom. The van der Waals surface area contributed by atoms with E-state index in [0.29, 0.717) is 13.0 Å². The first kappa shape index (κ1) is 22.6. The van der Waals surface area contributed by atoms with Crippen LogP contribution in [0.5, 0.6) is 0 Å². The Morgan fingerprint density at radius 3 is 2.42 bits per heavy atom. The number of aliphatic hydroxyl groups excluding tert-OH is 1. The van der Waals surface area contributed by atoms with Gasteiger partial charge in [-0.2, -0.15) is 0 Å². The Bertz CT molecular complexity index is 493. The standard InChI is InChI=1S/C20H37N3O3/c1-7-8-11-15(4)18(24)17-19(25)21-12-9-10-13-22(5)16(14(2)3)20(26)23(17)6/h7-8,14-18,24H,9-13H2,1-6H3,(H,21,25)/b8-7+. The lowest BCUT2D eigenvalue weighted by Crippen LogP contribution is -2.59. The second kappa shape index (κ2) is 10.7. The molecule has 0 bridgehead atoms. The molecule has 0 aromatic heterocycles. The van der Waals surface area contributed by atoms with Crippen molar-refractivity contribution in [3.05, 3.63) is 12.2 Å². The molecule has 4 unspecified atom stereocenters. The van der Waals surface area contributed by atoms with Gasteiger partial charge in [-0.25, -0.2) is 0 Å². The number of hydrogen-bond acceptors (Lipinski definition) is 4. The SMILES string of the molecule is C/C=C/CC(C)C(O)C1C(=O)NCCCCN(C)C(C(C)C)C(=O)N1C. The molecule has 1 heterocycles. The topological polar surface area (TPSA) is 72.9 Å². The van der Waals surface area contributed by atoms with Crippen LogP contribution >= 0.6 is 0 Å². The van der Waals surface area contributed by atoms with Gasteiger partial charge in [0.25, 0.3) is 0 Å². The van der Waals surface area contributed by atoms with Crippen LogP contribution in [0, 0.1) is 11.8 Å². The van der Waals surface area contributed by atoms with Crippen LogP contribution in [0.1, 0.15) is 47.0 Å². The average molecular weight is 368 g/mol. The first-order valence-corrected chi connectivity index (χ1v) is 9.76. The molecular formula is C20H37N3O3. The van der Waals surface area contributed by atoms with Crippen LogP contribution in [0.25, 0.3) is 0 Å². The third-order valence-corrected chi connectivity index (χ3v) is 5.28. The molecule has 1 aliphatic rings. The number of nitrogens with one attached hydrogen (secondary N) is 1. The fourth-order valence-electron chi connectivity index (χ4n) is 3.63. The zero-order chi connectivity index (χ0) is 19.9. The minimum atomic E-state index is -0.918. The van der Waals surface area contributed by atoms with E-state index in [4.69, 9.17) is 0 Å². The molecule has 1 rings (SSSR count). The number of nitrogens with zero attached hydrogens (tertiary/aromatic N) is 2. The molecular weight excluding hydrogens is 330 g/mol. The molecule has 0 aliphatic carbocycles. The third kappa shape index (κ3) is 5.81. The molecule has 0 radical (unpaired) electrons. The van der Waals surface area contributed by atoms with E-state index in [0.717, 1.165) is 19.4 Å². The minimum Gasteiger partial charge on any atom is -0.390 e. The molecule has 0 aromatic carbocycles. The van der Waals surface area contributed by atoms with Crippen molar-refractivity contribution in [3.63, 3.8) is 0 Å². The molecule has 2 amide bonds. The van der Waals surface area contributed by atoms with Crippen LogP contribution in [0.4, 0.5) is 0 Å². The van der Waals surface area contributed by atoms with E-state index in [-0.39, 0.29) is 29.7 Å². The van der Waals surface area contributed by atoms with Crippen molar-refractivity contribution in [2.45, 2.75) is 65.1 Å². The molecule has 0 aromatic rings. The summed E-state index contributed by atoms with van der Waals surface area (Å²) >= 11 is 0. The van der Waals surface area contributed by atoms with E-state index in [9.17, 15) is 14.7 Å². The van der Waals surface area contributed by atoms with Crippen LogP contribution in [0.3, 0.4) is 0 Å². The van der Waals surface area contributed by atoms with Gasteiger partial charge in [-0.05, 0) is 51.6 Å². The van der Waals surface area contributed by atoms with E-state index in [1.165, 1.54) is 4.90 Å². The normalized spacial score (nSPS) is 26.7. The van der Waals surface area contributed by atoms with Crippen molar-refractivity contribution in [2.75, 3.05) is 27.2 Å². The first-order chi connectivity index (χ1) is 12.2. The number of allylic oxidation sites excluding steroid dienone is 2. The van der Waals surface area contributed by atoms with Gasteiger partial charge in [0.2, 0.25) is 11.8 Å². The summed E-state index contributed by atoms with van der Waals surface area (Å²) in [4.78, 5) is 29.5. The summed E-state index contributed by atoms with van der Waals surface area (Å²) in [6.45, 7) is 9.25. The van der Waals surface area contributed by atoms with Gasteiger partial charge >= 0.3 is 0 Å². The molecule has 6 heteroatoms. The van der Waals surface area contributed by atoms with Crippen molar-refractivity contribution >= 4 is 11.8 Å². The van der Waals surface area contributed by atoms with E-state index < -0.39 is 12.1 Å². The van der Waals surface area contributed by atoms with E-state index >= 15 is 0 Å². The Labute approximate surface area is 158 Å². The Morgan fingerprint density at radius 2 is 1.85 bits per heavy atom. The highest BCUT2D eigenvalue weighted by Gasteiger charge is 2.39. The summed E-state index contributed by atoms with van der Waals surface area (Å²) in [6, 6.07) is -1.18. The Hall–Kier alpha value is -1.40. The van der Waals surface area contributed by atoms with Crippen molar-refractivity contribution in [2.24, 2.45) is 11.8 Å². The summed E-state index contributed by atoms with van der Waals surface area (Å²) in [5.41, 5.74) is 0. The van der Waals surface area contributed by atoms with Gasteiger partial charge < -0.3 is 15.3 Å². The summed E-state index contributed by atoms with van der Waals surface area (Å²) in [5.74, 6) is -0.385. The number of hydrogen-bond donors (Lipinski definition) is 2. The third-order valence-electron chi connectivity index (χ3n) is 5.28. The number of aliphatic hydroxyl groups is 1. The number of likely N-dealkylation sites (N-methyl/N-ethyl adjacent to an activating group) is 2. The molecule has 6 nitrogen and oxygen atoms in total. The first-order valence-electron chi connectivity index (χ1n) is 9.76. The molecule has 0 saturated carbocycles. The van der Waals surface area contributed by atoms with Crippen LogP contribution in [-0.2, 0) is 9.59 Å². The highest BCUT2D eigenvalue weighted by Crippen LogP contribution is 2.21. The zero-order valence-electron chi connectivity index (χ0n) is 17.2. The average Bonchev–Trinajstić information content (AvgIpc) is 2.59. The lowest BCUT2D eigenvalue weighted by molar-refractivity contribution is -0.149. The monoisotopic (exact) mass is 367 g/mol. The molecule has 1 aliphatic heterocycles. The maximum Gasteiger partial charge on any atom is 0.245 e. The van der Waals surface area contributed by atoms with Crippen LogP contribution < -0.4 is 5.32 Å². The Balaban J connectivity index is 3.17. The molecule has 4 atom stereocenters. The second-order valence-electron chi connectivity index (χ2n) is 7.83. The highest BCUT2D eigenvalue weighted by molar-refractivity contribution is 5.90.